The lowest BCUT2D eigenvalue weighted by Crippen LogP contribution is -2.20. The lowest BCUT2D eigenvalue weighted by Gasteiger charge is -2.28. The summed E-state index contributed by atoms with van der Waals surface area (Å²) in [7, 11) is 1.28. The van der Waals surface area contributed by atoms with Crippen LogP contribution < -0.4 is 4.90 Å². The van der Waals surface area contributed by atoms with E-state index < -0.39 is 5.97 Å². The van der Waals surface area contributed by atoms with Gasteiger partial charge in [-0.3, -0.25) is 0 Å². The van der Waals surface area contributed by atoms with Gasteiger partial charge in [-0.05, 0) is 24.3 Å². The Kier molecular flexibility index (Phi) is 5.66. The van der Waals surface area contributed by atoms with Gasteiger partial charge in [-0.25, -0.2) is 4.79 Å². The molecule has 0 heterocycles. The summed E-state index contributed by atoms with van der Waals surface area (Å²) in [6.45, 7) is 0. The molecule has 132 valence electrons. The Morgan fingerprint density at radius 3 is 1.67 bits per heavy atom. The largest absolute Gasteiger partial charge is 0.465 e. The smallest absolute Gasteiger partial charge is 0.350 e. The van der Waals surface area contributed by atoms with Crippen molar-refractivity contribution in [2.75, 3.05) is 12.0 Å². The summed E-state index contributed by atoms with van der Waals surface area (Å²) in [6.07, 6.45) is 0. The molecule has 0 spiro atoms. The van der Waals surface area contributed by atoms with Gasteiger partial charge in [-0.1, -0.05) is 66.7 Å². The number of nitrogens with zero attached hydrogens (tertiary/aromatic N) is 2. The number of para-hydroxylation sites is 2. The molecule has 4 heteroatoms. The first-order valence-corrected chi connectivity index (χ1v) is 8.44. The lowest BCUT2D eigenvalue weighted by molar-refractivity contribution is -0.135. The van der Waals surface area contributed by atoms with Gasteiger partial charge < -0.3 is 9.64 Å². The third-order valence-corrected chi connectivity index (χ3v) is 4.04. The highest BCUT2D eigenvalue weighted by molar-refractivity contribution is 6.06. The third kappa shape index (κ3) is 3.88. The number of methoxy groups -OCH3 is 1. The molecule has 0 aliphatic heterocycles. The molecule has 27 heavy (non-hydrogen) atoms. The molecule has 0 amide bonds. The van der Waals surface area contributed by atoms with E-state index in [2.05, 4.69) is 0 Å². The first kappa shape index (κ1) is 18.0. The number of ether oxygens (including phenoxy) is 1. The number of carbonyl (C=O) groups is 1. The molecule has 0 saturated heterocycles. The second-order valence-corrected chi connectivity index (χ2v) is 5.70. The normalized spacial score (nSPS) is 11.1. The van der Waals surface area contributed by atoms with Crippen LogP contribution in [0.15, 0.2) is 96.6 Å². The fraction of sp³-hybridized carbons (Fsp3) is 0.0435. The first-order valence-electron chi connectivity index (χ1n) is 8.44. The highest BCUT2D eigenvalue weighted by Gasteiger charge is 2.25. The third-order valence-electron chi connectivity index (χ3n) is 4.04. The minimum Gasteiger partial charge on any atom is -0.465 e. The second kappa shape index (κ2) is 8.50. The van der Waals surface area contributed by atoms with E-state index in [0.717, 1.165) is 16.9 Å². The number of rotatable bonds is 5. The van der Waals surface area contributed by atoms with E-state index in [4.69, 9.17) is 4.74 Å². The molecule has 0 radical (unpaired) electrons. The zero-order chi connectivity index (χ0) is 19.1. The summed E-state index contributed by atoms with van der Waals surface area (Å²) in [4.78, 5) is 14.3. The molecule has 0 N–H and O–H groups in total. The van der Waals surface area contributed by atoms with E-state index in [0.29, 0.717) is 5.70 Å². The van der Waals surface area contributed by atoms with E-state index in [1.807, 2.05) is 102 Å². The fourth-order valence-electron chi connectivity index (χ4n) is 2.84. The number of esters is 1. The monoisotopic (exact) mass is 354 g/mol. The van der Waals surface area contributed by atoms with Crippen LogP contribution in [0, 0.1) is 11.3 Å². The Bertz CT molecular complexity index is 936. The number of carbonyl (C=O) groups excluding carboxylic acids is 1. The SMILES string of the molecule is COC(=O)/C(C#N)=C(\c1ccccc1)N(c1ccccc1)c1ccccc1. The van der Waals surface area contributed by atoms with Crippen molar-refractivity contribution >= 4 is 23.0 Å². The average Bonchev–Trinajstić information content (AvgIpc) is 2.75. The maximum Gasteiger partial charge on any atom is 0.350 e. The fourth-order valence-corrected chi connectivity index (χ4v) is 2.84. The van der Waals surface area contributed by atoms with Crippen molar-refractivity contribution < 1.29 is 9.53 Å². The van der Waals surface area contributed by atoms with Gasteiger partial charge in [0.05, 0.1) is 12.8 Å². The van der Waals surface area contributed by atoms with Gasteiger partial charge in [-0.15, -0.1) is 0 Å². The highest BCUT2D eigenvalue weighted by atomic mass is 16.5. The molecular formula is C23H18N2O2. The highest BCUT2D eigenvalue weighted by Crippen LogP contribution is 2.36. The van der Waals surface area contributed by atoms with Crippen LogP contribution in [0.5, 0.6) is 0 Å². The van der Waals surface area contributed by atoms with Gasteiger partial charge in [0.25, 0.3) is 0 Å². The molecule has 0 unspecified atom stereocenters. The van der Waals surface area contributed by atoms with Crippen LogP contribution in [0.2, 0.25) is 0 Å². The van der Waals surface area contributed by atoms with E-state index in [1.54, 1.807) is 0 Å². The number of nitriles is 1. The molecule has 0 atom stereocenters. The van der Waals surface area contributed by atoms with Crippen molar-refractivity contribution in [3.63, 3.8) is 0 Å². The minimum absolute atomic E-state index is 0.0589. The molecule has 0 aliphatic rings. The zero-order valence-corrected chi connectivity index (χ0v) is 14.9. The number of hydrogen-bond acceptors (Lipinski definition) is 4. The van der Waals surface area contributed by atoms with Crippen molar-refractivity contribution in [3.8, 4) is 6.07 Å². The molecule has 3 aromatic rings. The summed E-state index contributed by atoms with van der Waals surface area (Å²) >= 11 is 0. The van der Waals surface area contributed by atoms with Crippen molar-refractivity contribution in [2.24, 2.45) is 0 Å². The summed E-state index contributed by atoms with van der Waals surface area (Å²) in [5.74, 6) is -0.673. The maximum atomic E-state index is 12.4. The standard InChI is InChI=1S/C23H18N2O2/c1-27-23(26)21(17-24)22(18-11-5-2-6-12-18)25(19-13-7-3-8-14-19)20-15-9-4-10-16-20/h2-16H,1H3/b22-21+. The van der Waals surface area contributed by atoms with E-state index in [-0.39, 0.29) is 5.57 Å². The van der Waals surface area contributed by atoms with Gasteiger partial charge in [0.15, 0.2) is 5.57 Å². The Morgan fingerprint density at radius 2 is 1.26 bits per heavy atom. The number of hydrogen-bond donors (Lipinski definition) is 0. The topological polar surface area (TPSA) is 53.3 Å². The van der Waals surface area contributed by atoms with E-state index in [1.165, 1.54) is 7.11 Å². The molecule has 0 aromatic heterocycles. The van der Waals surface area contributed by atoms with E-state index >= 15 is 0 Å². The van der Waals surface area contributed by atoms with Crippen molar-refractivity contribution in [3.05, 3.63) is 102 Å². The molecule has 0 bridgehead atoms. The Hall–Kier alpha value is -3.84. The van der Waals surface area contributed by atoms with Gasteiger partial charge in [0.1, 0.15) is 6.07 Å². The second-order valence-electron chi connectivity index (χ2n) is 5.70. The van der Waals surface area contributed by atoms with E-state index in [9.17, 15) is 10.1 Å². The zero-order valence-electron chi connectivity index (χ0n) is 14.9. The molecule has 4 nitrogen and oxygen atoms in total. The van der Waals surface area contributed by atoms with Crippen LogP contribution >= 0.6 is 0 Å². The van der Waals surface area contributed by atoms with Gasteiger partial charge in [-0.2, -0.15) is 5.26 Å². The van der Waals surface area contributed by atoms with Crippen molar-refractivity contribution in [1.29, 1.82) is 5.26 Å². The number of anilines is 2. The van der Waals surface area contributed by atoms with Crippen LogP contribution in [-0.4, -0.2) is 13.1 Å². The number of benzene rings is 3. The molecule has 3 rings (SSSR count). The van der Waals surface area contributed by atoms with Crippen molar-refractivity contribution in [1.82, 2.24) is 0 Å². The lowest BCUT2D eigenvalue weighted by atomic mass is 10.0. The molecule has 3 aromatic carbocycles. The van der Waals surface area contributed by atoms with Crippen LogP contribution in [0.3, 0.4) is 0 Å². The molecule has 0 saturated carbocycles. The van der Waals surface area contributed by atoms with Crippen LogP contribution in [-0.2, 0) is 9.53 Å². The predicted octanol–water partition coefficient (Wildman–Crippen LogP) is 4.93. The van der Waals surface area contributed by atoms with Crippen LogP contribution in [0.4, 0.5) is 11.4 Å². The van der Waals surface area contributed by atoms with Crippen molar-refractivity contribution in [2.45, 2.75) is 0 Å². The Balaban J connectivity index is 2.35. The summed E-state index contributed by atoms with van der Waals surface area (Å²) in [5, 5.41) is 9.77. The summed E-state index contributed by atoms with van der Waals surface area (Å²) < 4.78 is 4.88. The molecular weight excluding hydrogens is 336 g/mol. The summed E-state index contributed by atoms with van der Waals surface area (Å²) in [6, 6.07) is 30.6. The first-order chi connectivity index (χ1) is 13.3. The predicted molar refractivity (Wildman–Crippen MR) is 106 cm³/mol. The van der Waals surface area contributed by atoms with Crippen LogP contribution in [0.25, 0.3) is 5.70 Å². The molecule has 0 fully saturated rings. The quantitative estimate of drug-likeness (QED) is 0.370. The average molecular weight is 354 g/mol. The van der Waals surface area contributed by atoms with Gasteiger partial charge in [0, 0.05) is 16.9 Å². The summed E-state index contributed by atoms with van der Waals surface area (Å²) in [5.41, 5.74) is 2.82. The Labute approximate surface area is 158 Å². The van der Waals surface area contributed by atoms with Gasteiger partial charge >= 0.3 is 5.97 Å². The van der Waals surface area contributed by atoms with Crippen LogP contribution in [0.1, 0.15) is 5.56 Å². The maximum absolute atomic E-state index is 12.4. The minimum atomic E-state index is -0.673. The molecule has 0 aliphatic carbocycles. The Morgan fingerprint density at radius 1 is 0.815 bits per heavy atom. The van der Waals surface area contributed by atoms with Gasteiger partial charge in [0.2, 0.25) is 0 Å².